The molecule has 2 saturated carbocycles. The second-order valence-electron chi connectivity index (χ2n) is 6.48. The molecule has 0 aromatic carbocycles. The highest BCUT2D eigenvalue weighted by Gasteiger charge is 2.65. The Balaban J connectivity index is 1.87. The Hall–Kier alpha value is -0.900. The van der Waals surface area contributed by atoms with E-state index >= 15 is 0 Å². The van der Waals surface area contributed by atoms with Crippen LogP contribution in [-0.4, -0.2) is 42.9 Å². The van der Waals surface area contributed by atoms with Gasteiger partial charge < -0.3 is 9.64 Å². The van der Waals surface area contributed by atoms with E-state index in [1.807, 2.05) is 18.7 Å². The van der Waals surface area contributed by atoms with Gasteiger partial charge >= 0.3 is 0 Å². The molecule has 0 aromatic rings. The Morgan fingerprint density at radius 3 is 2.56 bits per heavy atom. The van der Waals surface area contributed by atoms with Crippen LogP contribution in [0.4, 0.5) is 0 Å². The monoisotopic (exact) mass is 251 g/mol. The topological polar surface area (TPSA) is 46.6 Å². The highest BCUT2D eigenvalue weighted by Crippen LogP contribution is 2.60. The van der Waals surface area contributed by atoms with Crippen LogP contribution in [0.2, 0.25) is 0 Å². The SMILES string of the molecule is CC1(C)C(=O)[C@]2(C(=O)N3CCOCC3)CC[C@H]1C2. The molecule has 100 valence electrons. The molecule has 1 aliphatic heterocycles. The summed E-state index contributed by atoms with van der Waals surface area (Å²) in [5.74, 6) is 0.654. The molecule has 4 heteroatoms. The highest BCUT2D eigenvalue weighted by atomic mass is 16.5. The van der Waals surface area contributed by atoms with Gasteiger partial charge in [-0.1, -0.05) is 13.8 Å². The number of morpholine rings is 1. The largest absolute Gasteiger partial charge is 0.378 e. The Bertz CT molecular complexity index is 398. The highest BCUT2D eigenvalue weighted by molar-refractivity contribution is 6.10. The van der Waals surface area contributed by atoms with Crippen LogP contribution < -0.4 is 0 Å². The number of nitrogens with zero attached hydrogens (tertiary/aromatic N) is 1. The van der Waals surface area contributed by atoms with Crippen LogP contribution in [0.15, 0.2) is 0 Å². The summed E-state index contributed by atoms with van der Waals surface area (Å²) in [6.45, 7) is 6.49. The van der Waals surface area contributed by atoms with Gasteiger partial charge in [0.05, 0.1) is 13.2 Å². The molecular formula is C14H21NO3. The number of fused-ring (bicyclic) bond motifs is 2. The van der Waals surface area contributed by atoms with Crippen LogP contribution in [0.25, 0.3) is 0 Å². The molecule has 2 bridgehead atoms. The van der Waals surface area contributed by atoms with Gasteiger partial charge in [0.25, 0.3) is 0 Å². The van der Waals surface area contributed by atoms with E-state index in [1.165, 1.54) is 0 Å². The van der Waals surface area contributed by atoms with Gasteiger partial charge in [0.15, 0.2) is 5.78 Å². The van der Waals surface area contributed by atoms with E-state index in [0.29, 0.717) is 32.2 Å². The van der Waals surface area contributed by atoms with E-state index in [9.17, 15) is 9.59 Å². The lowest BCUT2D eigenvalue weighted by Crippen LogP contribution is -2.52. The molecule has 3 rings (SSSR count). The fourth-order valence-corrected chi connectivity index (χ4v) is 4.03. The molecule has 0 radical (unpaired) electrons. The molecule has 2 atom stereocenters. The molecule has 0 unspecified atom stereocenters. The van der Waals surface area contributed by atoms with Crippen molar-refractivity contribution in [1.29, 1.82) is 0 Å². The van der Waals surface area contributed by atoms with Crippen molar-refractivity contribution in [3.63, 3.8) is 0 Å². The summed E-state index contributed by atoms with van der Waals surface area (Å²) < 4.78 is 5.28. The number of ketones is 1. The van der Waals surface area contributed by atoms with Crippen molar-refractivity contribution in [1.82, 2.24) is 4.90 Å². The molecule has 1 amide bonds. The van der Waals surface area contributed by atoms with Crippen molar-refractivity contribution in [2.45, 2.75) is 33.1 Å². The molecule has 4 nitrogen and oxygen atoms in total. The van der Waals surface area contributed by atoms with E-state index in [0.717, 1.165) is 19.3 Å². The number of hydrogen-bond acceptors (Lipinski definition) is 3. The lowest BCUT2D eigenvalue weighted by Gasteiger charge is -2.37. The van der Waals surface area contributed by atoms with Gasteiger partial charge in [0, 0.05) is 18.5 Å². The number of Topliss-reactive ketones (excluding diaryl/α,β-unsaturated/α-hetero) is 1. The smallest absolute Gasteiger partial charge is 0.236 e. The molecule has 0 aromatic heterocycles. The van der Waals surface area contributed by atoms with Crippen LogP contribution >= 0.6 is 0 Å². The van der Waals surface area contributed by atoms with Gasteiger partial charge in [-0.15, -0.1) is 0 Å². The third-order valence-electron chi connectivity index (χ3n) is 5.26. The molecule has 2 aliphatic carbocycles. The molecule has 1 saturated heterocycles. The molecular weight excluding hydrogens is 230 g/mol. The summed E-state index contributed by atoms with van der Waals surface area (Å²) in [5.41, 5.74) is -0.994. The summed E-state index contributed by atoms with van der Waals surface area (Å²) in [6.07, 6.45) is 2.56. The van der Waals surface area contributed by atoms with E-state index in [4.69, 9.17) is 4.74 Å². The van der Waals surface area contributed by atoms with Gasteiger partial charge in [-0.25, -0.2) is 0 Å². The van der Waals surface area contributed by atoms with Crippen molar-refractivity contribution < 1.29 is 14.3 Å². The fraction of sp³-hybridized carbons (Fsp3) is 0.857. The van der Waals surface area contributed by atoms with E-state index in [2.05, 4.69) is 0 Å². The number of carbonyl (C=O) groups excluding carboxylic acids is 2. The van der Waals surface area contributed by atoms with Crippen LogP contribution in [0.5, 0.6) is 0 Å². The molecule has 18 heavy (non-hydrogen) atoms. The van der Waals surface area contributed by atoms with Crippen molar-refractivity contribution in [3.05, 3.63) is 0 Å². The maximum atomic E-state index is 12.7. The first kappa shape index (κ1) is 12.2. The summed E-state index contributed by atoms with van der Waals surface area (Å²) in [5, 5.41) is 0. The normalized spacial score (nSPS) is 38.2. The number of amides is 1. The van der Waals surface area contributed by atoms with Crippen LogP contribution in [-0.2, 0) is 14.3 Å². The predicted octanol–water partition coefficient (Wildman–Crippen LogP) is 1.24. The average Bonchev–Trinajstić information content (AvgIpc) is 2.90. The van der Waals surface area contributed by atoms with Gasteiger partial charge in [-0.05, 0) is 25.2 Å². The Morgan fingerprint density at radius 2 is 2.00 bits per heavy atom. The Kier molecular flexibility index (Phi) is 2.56. The molecule has 3 fully saturated rings. The number of carbonyl (C=O) groups is 2. The quantitative estimate of drug-likeness (QED) is 0.659. The molecule has 0 spiro atoms. The summed E-state index contributed by atoms with van der Waals surface area (Å²) in [7, 11) is 0. The lowest BCUT2D eigenvalue weighted by atomic mass is 9.70. The minimum atomic E-state index is -0.689. The van der Waals surface area contributed by atoms with Crippen LogP contribution in [0, 0.1) is 16.7 Å². The number of rotatable bonds is 1. The third-order valence-corrected chi connectivity index (χ3v) is 5.26. The Morgan fingerprint density at radius 1 is 1.33 bits per heavy atom. The summed E-state index contributed by atoms with van der Waals surface area (Å²) in [4.78, 5) is 27.2. The summed E-state index contributed by atoms with van der Waals surface area (Å²) >= 11 is 0. The van der Waals surface area contributed by atoms with E-state index < -0.39 is 5.41 Å². The van der Waals surface area contributed by atoms with Gasteiger partial charge in [0.2, 0.25) is 5.91 Å². The van der Waals surface area contributed by atoms with Crippen molar-refractivity contribution in [2.75, 3.05) is 26.3 Å². The predicted molar refractivity (Wildman–Crippen MR) is 66.0 cm³/mol. The fourth-order valence-electron chi connectivity index (χ4n) is 4.03. The molecule has 1 heterocycles. The number of hydrogen-bond donors (Lipinski definition) is 0. The zero-order valence-electron chi connectivity index (χ0n) is 11.2. The van der Waals surface area contributed by atoms with Gasteiger partial charge in [0.1, 0.15) is 5.41 Å². The first-order valence-electron chi connectivity index (χ1n) is 6.90. The maximum absolute atomic E-state index is 12.7. The standard InChI is InChI=1S/C14H21NO3/c1-13(2)10-3-4-14(9-10,11(13)16)12(17)15-5-7-18-8-6-15/h10H,3-9H2,1-2H3/t10-,14-/m0/s1. The third kappa shape index (κ3) is 1.41. The minimum absolute atomic E-state index is 0.0730. The lowest BCUT2D eigenvalue weighted by molar-refractivity contribution is -0.154. The van der Waals surface area contributed by atoms with E-state index in [-0.39, 0.29) is 17.1 Å². The molecule has 0 N–H and O–H groups in total. The van der Waals surface area contributed by atoms with Crippen molar-refractivity contribution >= 4 is 11.7 Å². The first-order chi connectivity index (χ1) is 8.48. The van der Waals surface area contributed by atoms with Crippen LogP contribution in [0.1, 0.15) is 33.1 Å². The van der Waals surface area contributed by atoms with Crippen LogP contribution in [0.3, 0.4) is 0 Å². The summed E-state index contributed by atoms with van der Waals surface area (Å²) in [6, 6.07) is 0. The molecule has 3 aliphatic rings. The number of ether oxygens (including phenoxy) is 1. The minimum Gasteiger partial charge on any atom is -0.378 e. The first-order valence-corrected chi connectivity index (χ1v) is 6.90. The zero-order chi connectivity index (χ0) is 13.0. The second kappa shape index (κ2) is 3.80. The van der Waals surface area contributed by atoms with Gasteiger partial charge in [-0.3, -0.25) is 9.59 Å². The second-order valence-corrected chi connectivity index (χ2v) is 6.48. The van der Waals surface area contributed by atoms with Gasteiger partial charge in [-0.2, -0.15) is 0 Å². The van der Waals surface area contributed by atoms with Crippen molar-refractivity contribution in [3.8, 4) is 0 Å². The van der Waals surface area contributed by atoms with E-state index in [1.54, 1.807) is 0 Å². The van der Waals surface area contributed by atoms with Crippen molar-refractivity contribution in [2.24, 2.45) is 16.7 Å². The zero-order valence-corrected chi connectivity index (χ0v) is 11.2. The Labute approximate surface area is 108 Å². The maximum Gasteiger partial charge on any atom is 0.236 e. The average molecular weight is 251 g/mol.